The van der Waals surface area contributed by atoms with Crippen molar-refractivity contribution in [1.29, 1.82) is 0 Å². The summed E-state index contributed by atoms with van der Waals surface area (Å²) in [7, 11) is 0. The van der Waals surface area contributed by atoms with Crippen molar-refractivity contribution in [1.82, 2.24) is 10.2 Å². The Morgan fingerprint density at radius 3 is 2.47 bits per heavy atom. The summed E-state index contributed by atoms with van der Waals surface area (Å²) in [6.45, 7) is 0. The van der Waals surface area contributed by atoms with Gasteiger partial charge in [0.15, 0.2) is 16.1 Å². The van der Waals surface area contributed by atoms with E-state index in [1.807, 2.05) is 0 Å². The van der Waals surface area contributed by atoms with Crippen LogP contribution in [0.25, 0.3) is 0 Å². The van der Waals surface area contributed by atoms with E-state index in [0.29, 0.717) is 16.5 Å². The quantitative estimate of drug-likeness (QED) is 0.762. The molecule has 0 bridgehead atoms. The van der Waals surface area contributed by atoms with Crippen LogP contribution in [0.2, 0.25) is 15.3 Å². The third-order valence-corrected chi connectivity index (χ3v) is 3.04. The van der Waals surface area contributed by atoms with Crippen LogP contribution < -0.4 is 4.74 Å². The van der Waals surface area contributed by atoms with Gasteiger partial charge in [0.05, 0.1) is 5.02 Å². The second kappa shape index (κ2) is 5.40. The summed E-state index contributed by atoms with van der Waals surface area (Å²) in [5.41, 5.74) is 0. The Bertz CT molecular complexity index is 565. The molecule has 17 heavy (non-hydrogen) atoms. The Hall–Kier alpha value is -0.550. The Labute approximate surface area is 121 Å². The average molecular weight is 354 g/mol. The van der Waals surface area contributed by atoms with Gasteiger partial charge in [0.25, 0.3) is 0 Å². The molecule has 0 unspecified atom stereocenters. The number of benzene rings is 1. The molecule has 0 spiro atoms. The van der Waals surface area contributed by atoms with Gasteiger partial charge in [0.1, 0.15) is 5.75 Å². The van der Waals surface area contributed by atoms with Crippen molar-refractivity contribution in [2.24, 2.45) is 0 Å². The monoisotopic (exact) mass is 352 g/mol. The largest absolute Gasteiger partial charge is 0.452 e. The number of nitrogens with zero attached hydrogens (tertiary/aromatic N) is 2. The molecule has 0 atom stereocenters. The van der Waals surface area contributed by atoms with Gasteiger partial charge in [-0.05, 0) is 18.2 Å². The molecule has 0 aliphatic heterocycles. The molecule has 0 saturated heterocycles. The first kappa shape index (κ1) is 12.9. The highest BCUT2D eigenvalue weighted by molar-refractivity contribution is 9.10. The van der Waals surface area contributed by atoms with Crippen molar-refractivity contribution < 1.29 is 4.74 Å². The van der Waals surface area contributed by atoms with Crippen molar-refractivity contribution in [3.8, 4) is 11.5 Å². The molecule has 1 heterocycles. The molecule has 0 aliphatic rings. The van der Waals surface area contributed by atoms with Crippen molar-refractivity contribution in [2.75, 3.05) is 0 Å². The molecule has 2 aromatic rings. The predicted octanol–water partition coefficient (Wildman–Crippen LogP) is 4.99. The standard InChI is InChI=1S/C10H4BrCl3N2O/c11-5-1-2-7(6(12)3-5)17-8-4-9(13)15-16-10(8)14/h1-4H. The molecule has 2 rings (SSSR count). The molecule has 7 heteroatoms. The van der Waals surface area contributed by atoms with Crippen LogP contribution in [-0.2, 0) is 0 Å². The Kier molecular flexibility index (Phi) is 4.09. The minimum absolute atomic E-state index is 0.119. The first-order valence-corrected chi connectivity index (χ1v) is 6.30. The van der Waals surface area contributed by atoms with Crippen molar-refractivity contribution in [3.63, 3.8) is 0 Å². The second-order valence-corrected chi connectivity index (χ2v) is 5.07. The maximum atomic E-state index is 6.00. The zero-order valence-corrected chi connectivity index (χ0v) is 12.0. The third kappa shape index (κ3) is 3.22. The van der Waals surface area contributed by atoms with Gasteiger partial charge in [0.2, 0.25) is 0 Å². The second-order valence-electron chi connectivity index (χ2n) is 3.00. The minimum Gasteiger partial charge on any atom is -0.452 e. The Balaban J connectivity index is 2.34. The summed E-state index contributed by atoms with van der Waals surface area (Å²) in [5, 5.41) is 7.97. The zero-order valence-electron chi connectivity index (χ0n) is 8.12. The number of hydrogen-bond acceptors (Lipinski definition) is 3. The smallest absolute Gasteiger partial charge is 0.194 e. The fourth-order valence-corrected chi connectivity index (χ4v) is 2.07. The van der Waals surface area contributed by atoms with E-state index in [2.05, 4.69) is 26.1 Å². The fourth-order valence-electron chi connectivity index (χ4n) is 1.09. The van der Waals surface area contributed by atoms with E-state index in [-0.39, 0.29) is 10.3 Å². The summed E-state index contributed by atoms with van der Waals surface area (Å²) < 4.78 is 6.36. The van der Waals surface area contributed by atoms with Crippen LogP contribution in [0.3, 0.4) is 0 Å². The summed E-state index contributed by atoms with van der Waals surface area (Å²) in [6, 6.07) is 6.68. The maximum absolute atomic E-state index is 6.00. The van der Waals surface area contributed by atoms with Crippen molar-refractivity contribution in [2.45, 2.75) is 0 Å². The topological polar surface area (TPSA) is 35.0 Å². The van der Waals surface area contributed by atoms with Crippen LogP contribution in [0, 0.1) is 0 Å². The number of rotatable bonds is 2. The summed E-state index contributed by atoms with van der Waals surface area (Å²) in [6.07, 6.45) is 0. The van der Waals surface area contributed by atoms with Crippen LogP contribution in [0.4, 0.5) is 0 Å². The van der Waals surface area contributed by atoms with Crippen molar-refractivity contribution >= 4 is 50.7 Å². The highest BCUT2D eigenvalue weighted by Crippen LogP contribution is 2.34. The molecule has 1 aromatic carbocycles. The van der Waals surface area contributed by atoms with Gasteiger partial charge in [0, 0.05) is 10.5 Å². The molecule has 1 aromatic heterocycles. The van der Waals surface area contributed by atoms with Gasteiger partial charge in [-0.25, -0.2) is 0 Å². The lowest BCUT2D eigenvalue weighted by Crippen LogP contribution is -1.91. The van der Waals surface area contributed by atoms with Gasteiger partial charge in [-0.1, -0.05) is 50.7 Å². The molecule has 0 N–H and O–H groups in total. The van der Waals surface area contributed by atoms with E-state index in [1.54, 1.807) is 18.2 Å². The first-order valence-electron chi connectivity index (χ1n) is 4.38. The minimum atomic E-state index is 0.119. The molecule has 0 saturated carbocycles. The number of ether oxygens (including phenoxy) is 1. The molecule has 0 aliphatic carbocycles. The summed E-state index contributed by atoms with van der Waals surface area (Å²) in [4.78, 5) is 0. The van der Waals surface area contributed by atoms with E-state index in [4.69, 9.17) is 39.5 Å². The van der Waals surface area contributed by atoms with Gasteiger partial charge in [-0.2, -0.15) is 0 Å². The maximum Gasteiger partial charge on any atom is 0.194 e. The van der Waals surface area contributed by atoms with E-state index >= 15 is 0 Å². The van der Waals surface area contributed by atoms with Crippen LogP contribution in [0.15, 0.2) is 28.7 Å². The molecule has 0 amide bonds. The average Bonchev–Trinajstić information content (AvgIpc) is 2.27. The molecule has 0 fully saturated rings. The van der Waals surface area contributed by atoms with Crippen molar-refractivity contribution in [3.05, 3.63) is 44.1 Å². The van der Waals surface area contributed by atoms with Crippen LogP contribution in [-0.4, -0.2) is 10.2 Å². The summed E-state index contributed by atoms with van der Waals surface area (Å²) >= 11 is 20.8. The lowest BCUT2D eigenvalue weighted by molar-refractivity contribution is 0.479. The molecule has 3 nitrogen and oxygen atoms in total. The molecule has 88 valence electrons. The predicted molar refractivity (Wildman–Crippen MR) is 71.3 cm³/mol. The summed E-state index contributed by atoms with van der Waals surface area (Å²) in [5.74, 6) is 0.761. The lowest BCUT2D eigenvalue weighted by atomic mass is 10.3. The van der Waals surface area contributed by atoms with Crippen LogP contribution in [0.1, 0.15) is 0 Å². The Morgan fingerprint density at radius 1 is 1.00 bits per heavy atom. The third-order valence-electron chi connectivity index (χ3n) is 1.80. The van der Waals surface area contributed by atoms with E-state index < -0.39 is 0 Å². The lowest BCUT2D eigenvalue weighted by Gasteiger charge is -2.08. The highest BCUT2D eigenvalue weighted by Gasteiger charge is 2.09. The number of hydrogen-bond donors (Lipinski definition) is 0. The Morgan fingerprint density at radius 2 is 1.76 bits per heavy atom. The molecular weight excluding hydrogens is 350 g/mol. The fraction of sp³-hybridized carbons (Fsp3) is 0. The van der Waals surface area contributed by atoms with E-state index in [9.17, 15) is 0 Å². The SMILES string of the molecule is Clc1cc(Oc2ccc(Br)cc2Cl)c(Cl)nn1. The van der Waals surface area contributed by atoms with Gasteiger partial charge in [-0.15, -0.1) is 10.2 Å². The number of halogens is 4. The normalized spacial score (nSPS) is 10.4. The van der Waals surface area contributed by atoms with E-state index in [0.717, 1.165) is 4.47 Å². The highest BCUT2D eigenvalue weighted by atomic mass is 79.9. The van der Waals surface area contributed by atoms with Crippen LogP contribution >= 0.6 is 50.7 Å². The van der Waals surface area contributed by atoms with Gasteiger partial charge in [-0.3, -0.25) is 0 Å². The first-order chi connectivity index (χ1) is 8.06. The van der Waals surface area contributed by atoms with Gasteiger partial charge < -0.3 is 4.74 Å². The molecular formula is C10H4BrCl3N2O. The van der Waals surface area contributed by atoms with Gasteiger partial charge >= 0.3 is 0 Å². The van der Waals surface area contributed by atoms with E-state index in [1.165, 1.54) is 6.07 Å². The molecule has 0 radical (unpaired) electrons. The number of aromatic nitrogens is 2. The van der Waals surface area contributed by atoms with Crippen LogP contribution in [0.5, 0.6) is 11.5 Å². The zero-order chi connectivity index (χ0) is 12.4.